The summed E-state index contributed by atoms with van der Waals surface area (Å²) >= 11 is 0. The minimum absolute atomic E-state index is 0.263. The Hall–Kier alpha value is -3.69. The average Bonchev–Trinajstić information content (AvgIpc) is 3.78. The fourth-order valence-corrected chi connectivity index (χ4v) is 5.53. The van der Waals surface area contributed by atoms with E-state index in [0.717, 1.165) is 46.5 Å². The summed E-state index contributed by atoms with van der Waals surface area (Å²) in [6.45, 7) is 5.23. The molecule has 1 heterocycles. The number of methoxy groups -OCH3 is 1. The number of carbonyl (C=O) groups is 1. The number of nitrogens with one attached hydrogen (secondary N) is 3. The largest absolute Gasteiger partial charge is 0.490 e. The molecule has 1 aliphatic carbocycles. The Labute approximate surface area is 254 Å². The predicted molar refractivity (Wildman–Crippen MR) is 168 cm³/mol. The van der Waals surface area contributed by atoms with Gasteiger partial charge in [-0.15, -0.1) is 0 Å². The van der Waals surface area contributed by atoms with Gasteiger partial charge in [-0.05, 0) is 91.8 Å². The van der Waals surface area contributed by atoms with Gasteiger partial charge < -0.3 is 35.6 Å². The van der Waals surface area contributed by atoms with Crippen molar-refractivity contribution in [2.75, 3.05) is 32.1 Å². The van der Waals surface area contributed by atoms with Gasteiger partial charge in [0.15, 0.2) is 0 Å². The van der Waals surface area contributed by atoms with Gasteiger partial charge in [-0.3, -0.25) is 4.79 Å². The lowest BCUT2D eigenvalue weighted by molar-refractivity contribution is 0.0784. The minimum Gasteiger partial charge on any atom is -0.490 e. The highest BCUT2D eigenvalue weighted by Gasteiger charge is 2.44. The molecule has 2 atom stereocenters. The second-order valence-electron chi connectivity index (χ2n) is 12.1. The Morgan fingerprint density at radius 1 is 1.09 bits per heavy atom. The number of benzene rings is 3. The molecule has 1 saturated carbocycles. The van der Waals surface area contributed by atoms with Crippen molar-refractivity contribution < 1.29 is 24.5 Å². The number of hydrogen-bond donors (Lipinski definition) is 5. The highest BCUT2D eigenvalue weighted by molar-refractivity contribution is 5.95. The van der Waals surface area contributed by atoms with Gasteiger partial charge in [-0.25, -0.2) is 0 Å². The molecule has 0 aromatic heterocycles. The Bertz CT molecular complexity index is 1440. The number of hydrogen-bond acceptors (Lipinski definition) is 7. The average molecular weight is 586 g/mol. The molecule has 43 heavy (non-hydrogen) atoms. The van der Waals surface area contributed by atoms with E-state index >= 15 is 0 Å². The lowest BCUT2D eigenvalue weighted by atomic mass is 9.93. The van der Waals surface area contributed by atoms with Gasteiger partial charge in [-0.2, -0.15) is 0 Å². The van der Waals surface area contributed by atoms with E-state index in [1.54, 1.807) is 21.0 Å². The lowest BCUT2D eigenvalue weighted by Crippen LogP contribution is -2.50. The zero-order valence-electron chi connectivity index (χ0n) is 25.2. The maximum absolute atomic E-state index is 13.7. The molecule has 1 fully saturated rings. The van der Waals surface area contributed by atoms with Crippen molar-refractivity contribution in [3.05, 3.63) is 107 Å². The normalized spacial score (nSPS) is 19.8. The van der Waals surface area contributed by atoms with Crippen LogP contribution in [-0.4, -0.2) is 55.1 Å². The van der Waals surface area contributed by atoms with Crippen LogP contribution >= 0.6 is 0 Å². The molecule has 5 N–H and O–H groups in total. The van der Waals surface area contributed by atoms with E-state index in [2.05, 4.69) is 22.0 Å². The first-order valence-corrected chi connectivity index (χ1v) is 15.0. The van der Waals surface area contributed by atoms with Crippen LogP contribution in [0.15, 0.2) is 78.9 Å². The SMILES string of the molecule is COCc1cc2cc(c1)C(=O)N[C@H]([C@H](O)CNC1(c3cccc(C(C)(C)O)c3)CC1)Cc1cccc(c1)OC/C=C\CN2. The summed E-state index contributed by atoms with van der Waals surface area (Å²) in [4.78, 5) is 13.7. The van der Waals surface area contributed by atoms with Crippen LogP contribution in [0.25, 0.3) is 0 Å². The van der Waals surface area contributed by atoms with Crippen molar-refractivity contribution >= 4 is 11.6 Å². The van der Waals surface area contributed by atoms with Gasteiger partial charge in [0.1, 0.15) is 12.4 Å². The number of carbonyl (C=O) groups excluding carboxylic acids is 1. The summed E-state index contributed by atoms with van der Waals surface area (Å²) in [5.74, 6) is 0.469. The van der Waals surface area contributed by atoms with Crippen molar-refractivity contribution in [1.29, 1.82) is 0 Å². The van der Waals surface area contributed by atoms with E-state index < -0.39 is 17.7 Å². The number of amides is 1. The van der Waals surface area contributed by atoms with Crippen LogP contribution in [-0.2, 0) is 28.9 Å². The quantitative estimate of drug-likeness (QED) is 0.249. The standard InChI is InChI=1S/C35H43N3O5/c1-34(2,41)27-9-7-10-28(21-27)35(12-13-35)37-22-32(39)31-19-24-8-6-11-30(18-24)43-15-5-4-14-36-29-17-25(23-42-3)16-26(20-29)33(40)38-31/h4-11,16-18,20-21,31-32,36-37,39,41H,12-15,19,22-23H2,1-3H3,(H,38,40)/b5-4-/t31-,32+/m0/s1. The smallest absolute Gasteiger partial charge is 0.251 e. The van der Waals surface area contributed by atoms with Gasteiger partial charge in [0.05, 0.1) is 24.4 Å². The molecule has 0 unspecified atom stereocenters. The molecule has 1 amide bonds. The van der Waals surface area contributed by atoms with Crippen LogP contribution in [0.1, 0.15) is 59.3 Å². The zero-order chi connectivity index (χ0) is 30.5. The topological polar surface area (TPSA) is 112 Å². The molecule has 8 nitrogen and oxygen atoms in total. The van der Waals surface area contributed by atoms with Crippen LogP contribution in [0.2, 0.25) is 0 Å². The second-order valence-corrected chi connectivity index (χ2v) is 12.1. The highest BCUT2D eigenvalue weighted by Crippen LogP contribution is 2.46. The number of fused-ring (bicyclic) bond motifs is 4. The Morgan fingerprint density at radius 3 is 2.67 bits per heavy atom. The summed E-state index contributed by atoms with van der Waals surface area (Å²) in [7, 11) is 1.63. The van der Waals surface area contributed by atoms with E-state index in [9.17, 15) is 15.0 Å². The summed E-state index contributed by atoms with van der Waals surface area (Å²) in [6, 6.07) is 20.8. The first-order valence-electron chi connectivity index (χ1n) is 15.0. The Morgan fingerprint density at radius 2 is 1.91 bits per heavy atom. The van der Waals surface area contributed by atoms with Crippen LogP contribution in [0, 0.1) is 0 Å². The second kappa shape index (κ2) is 13.3. The van der Waals surface area contributed by atoms with E-state index in [-0.39, 0.29) is 18.0 Å². The number of ether oxygens (including phenoxy) is 2. The van der Waals surface area contributed by atoms with Crippen LogP contribution < -0.4 is 20.7 Å². The number of aliphatic hydroxyl groups is 2. The molecule has 0 spiro atoms. The summed E-state index contributed by atoms with van der Waals surface area (Å²) in [5.41, 5.74) is 3.88. The first kappa shape index (κ1) is 30.8. The summed E-state index contributed by atoms with van der Waals surface area (Å²) in [6.07, 6.45) is 5.37. The monoisotopic (exact) mass is 585 g/mol. The van der Waals surface area contributed by atoms with Crippen LogP contribution in [0.4, 0.5) is 5.69 Å². The molecule has 5 rings (SSSR count). The maximum Gasteiger partial charge on any atom is 0.251 e. The van der Waals surface area contributed by atoms with E-state index in [4.69, 9.17) is 9.47 Å². The van der Waals surface area contributed by atoms with Crippen molar-refractivity contribution in [2.24, 2.45) is 0 Å². The van der Waals surface area contributed by atoms with Gasteiger partial charge in [0, 0.05) is 37.0 Å². The fraction of sp³-hybridized carbons (Fsp3) is 0.400. The van der Waals surface area contributed by atoms with Crippen molar-refractivity contribution in [2.45, 2.75) is 63.0 Å². The number of rotatable bonds is 8. The molecule has 4 bridgehead atoms. The van der Waals surface area contributed by atoms with Crippen LogP contribution in [0.5, 0.6) is 5.75 Å². The summed E-state index contributed by atoms with van der Waals surface area (Å²) < 4.78 is 11.3. The Balaban J connectivity index is 1.39. The third kappa shape index (κ3) is 8.03. The van der Waals surface area contributed by atoms with Gasteiger partial charge in [0.25, 0.3) is 5.91 Å². The molecule has 3 aromatic rings. The molecule has 2 aliphatic rings. The van der Waals surface area contributed by atoms with Crippen molar-refractivity contribution in [3.8, 4) is 5.75 Å². The van der Waals surface area contributed by atoms with Gasteiger partial charge in [0.2, 0.25) is 0 Å². The minimum atomic E-state index is -0.940. The van der Waals surface area contributed by atoms with E-state index in [0.29, 0.717) is 31.7 Å². The molecule has 228 valence electrons. The fourth-order valence-electron chi connectivity index (χ4n) is 5.53. The van der Waals surface area contributed by atoms with Crippen molar-refractivity contribution in [1.82, 2.24) is 10.6 Å². The molecular formula is C35H43N3O5. The molecule has 1 aliphatic heterocycles. The van der Waals surface area contributed by atoms with E-state index in [1.165, 1.54) is 0 Å². The molecule has 0 saturated heterocycles. The first-order chi connectivity index (χ1) is 20.6. The molecule has 8 heteroatoms. The van der Waals surface area contributed by atoms with Gasteiger partial charge in [-0.1, -0.05) is 42.5 Å². The number of anilines is 1. The lowest BCUT2D eigenvalue weighted by Gasteiger charge is -2.28. The van der Waals surface area contributed by atoms with Crippen molar-refractivity contribution in [3.63, 3.8) is 0 Å². The van der Waals surface area contributed by atoms with Crippen LogP contribution in [0.3, 0.4) is 0 Å². The number of aliphatic hydroxyl groups excluding tert-OH is 1. The molecule has 0 radical (unpaired) electrons. The van der Waals surface area contributed by atoms with Gasteiger partial charge >= 0.3 is 0 Å². The zero-order valence-corrected chi connectivity index (χ0v) is 25.2. The predicted octanol–water partition coefficient (Wildman–Crippen LogP) is 4.40. The highest BCUT2D eigenvalue weighted by atomic mass is 16.5. The third-order valence-electron chi connectivity index (χ3n) is 8.16. The Kier molecular flexibility index (Phi) is 9.52. The molecular weight excluding hydrogens is 542 g/mol. The third-order valence-corrected chi connectivity index (χ3v) is 8.16. The maximum atomic E-state index is 13.7. The van der Waals surface area contributed by atoms with E-state index in [1.807, 2.05) is 72.8 Å². The molecule has 3 aromatic carbocycles. The summed E-state index contributed by atoms with van der Waals surface area (Å²) in [5, 5.41) is 32.2.